The number of hydrogen-bond donors (Lipinski definition) is 1. The average molecular weight is 361 g/mol. The molecule has 1 N–H and O–H groups in total. The van der Waals surface area contributed by atoms with E-state index in [2.05, 4.69) is 5.32 Å². The normalized spacial score (nSPS) is 12.8. The quantitative estimate of drug-likeness (QED) is 0.800. The molecule has 2 atom stereocenters. The van der Waals surface area contributed by atoms with Gasteiger partial charge in [0.2, 0.25) is 0 Å². The van der Waals surface area contributed by atoms with Crippen molar-refractivity contribution in [1.29, 1.82) is 0 Å². The number of carbonyl (C=O) groups excluding carboxylic acids is 2. The highest BCUT2D eigenvalue weighted by Crippen LogP contribution is 2.23. The van der Waals surface area contributed by atoms with Gasteiger partial charge in [0.25, 0.3) is 5.91 Å². The van der Waals surface area contributed by atoms with Crippen LogP contribution in [0, 0.1) is 0 Å². The van der Waals surface area contributed by atoms with Gasteiger partial charge in [-0.15, -0.1) is 0 Å². The number of anilines is 1. The summed E-state index contributed by atoms with van der Waals surface area (Å²) < 4.78 is 22.1. The van der Waals surface area contributed by atoms with Gasteiger partial charge in [0.05, 0.1) is 34.1 Å². The third-order valence-electron chi connectivity index (χ3n) is 3.43. The Kier molecular flexibility index (Phi) is 6.30. The van der Waals surface area contributed by atoms with Crippen molar-refractivity contribution in [2.24, 2.45) is 0 Å². The second-order valence-corrected chi connectivity index (χ2v) is 6.54. The second kappa shape index (κ2) is 8.43. The zero-order valence-electron chi connectivity index (χ0n) is 14.1. The molecule has 1 amide bonds. The molecule has 2 aromatic rings. The highest BCUT2D eigenvalue weighted by Gasteiger charge is 2.22. The van der Waals surface area contributed by atoms with Gasteiger partial charge in [0.15, 0.2) is 6.10 Å². The Balaban J connectivity index is 2.09. The molecular weight excluding hydrogens is 342 g/mol. The molecule has 6 nitrogen and oxygen atoms in total. The Morgan fingerprint density at radius 1 is 1.08 bits per heavy atom. The number of carbonyl (C=O) groups is 2. The van der Waals surface area contributed by atoms with E-state index in [1.54, 1.807) is 42.5 Å². The van der Waals surface area contributed by atoms with Crippen molar-refractivity contribution in [3.8, 4) is 5.75 Å². The standard InChI is InChI=1S/C18H19NO5S/c1-12(17(20)19-14-9-5-6-10-15(14)23-2)24-18(21)13-8-4-7-11-16(13)25(3)22/h4-12H,1-3H3,(H,19,20)/t12-,25+/m1/s1. The second-order valence-electron chi connectivity index (χ2n) is 5.19. The number of hydrogen-bond acceptors (Lipinski definition) is 5. The smallest absolute Gasteiger partial charge is 0.340 e. The highest BCUT2D eigenvalue weighted by molar-refractivity contribution is 7.84. The highest BCUT2D eigenvalue weighted by atomic mass is 32.2. The predicted octanol–water partition coefficient (Wildman–Crippen LogP) is 2.62. The number of nitrogens with one attached hydrogen (secondary N) is 1. The Bertz CT molecular complexity index is 806. The van der Waals surface area contributed by atoms with Gasteiger partial charge in [0, 0.05) is 6.26 Å². The van der Waals surface area contributed by atoms with Crippen molar-refractivity contribution >= 4 is 28.4 Å². The summed E-state index contributed by atoms with van der Waals surface area (Å²) in [6.07, 6.45) is 0.444. The van der Waals surface area contributed by atoms with Crippen LogP contribution >= 0.6 is 0 Å². The van der Waals surface area contributed by atoms with Crippen molar-refractivity contribution in [2.45, 2.75) is 17.9 Å². The molecule has 0 aliphatic heterocycles. The summed E-state index contributed by atoms with van der Waals surface area (Å²) in [5.74, 6) is -0.692. The number of benzene rings is 2. The summed E-state index contributed by atoms with van der Waals surface area (Å²) in [5, 5.41) is 2.65. The first kappa shape index (κ1) is 18.7. The molecule has 0 fully saturated rings. The molecule has 25 heavy (non-hydrogen) atoms. The van der Waals surface area contributed by atoms with E-state index < -0.39 is 28.8 Å². The molecule has 0 aliphatic carbocycles. The number of amides is 1. The van der Waals surface area contributed by atoms with Crippen LogP contribution in [0.25, 0.3) is 0 Å². The van der Waals surface area contributed by atoms with Crippen LogP contribution in [0.4, 0.5) is 5.69 Å². The monoisotopic (exact) mass is 361 g/mol. The number of para-hydroxylation sites is 2. The van der Waals surface area contributed by atoms with Crippen LogP contribution in [0.3, 0.4) is 0 Å². The first-order valence-corrected chi connectivity index (χ1v) is 9.07. The number of rotatable bonds is 6. The third kappa shape index (κ3) is 4.67. The number of esters is 1. The summed E-state index contributed by atoms with van der Waals surface area (Å²) in [7, 11) is 0.156. The SMILES string of the molecule is COc1ccccc1NC(=O)[C@@H](C)OC(=O)c1ccccc1[S@](C)=O. The largest absolute Gasteiger partial charge is 0.495 e. The van der Waals surface area contributed by atoms with E-state index in [0.29, 0.717) is 16.3 Å². The maximum Gasteiger partial charge on any atom is 0.340 e. The van der Waals surface area contributed by atoms with E-state index in [9.17, 15) is 13.8 Å². The van der Waals surface area contributed by atoms with Gasteiger partial charge in [-0.3, -0.25) is 9.00 Å². The Morgan fingerprint density at radius 3 is 2.40 bits per heavy atom. The maximum atomic E-state index is 12.3. The van der Waals surface area contributed by atoms with Gasteiger partial charge in [-0.25, -0.2) is 4.79 Å². The topological polar surface area (TPSA) is 81.7 Å². The van der Waals surface area contributed by atoms with Crippen LogP contribution in [-0.2, 0) is 20.3 Å². The molecule has 132 valence electrons. The average Bonchev–Trinajstić information content (AvgIpc) is 2.61. The van der Waals surface area contributed by atoms with E-state index in [4.69, 9.17) is 9.47 Å². The number of ether oxygens (including phenoxy) is 2. The van der Waals surface area contributed by atoms with Gasteiger partial charge in [-0.2, -0.15) is 0 Å². The van der Waals surface area contributed by atoms with Crippen LogP contribution in [0.15, 0.2) is 53.4 Å². The molecule has 0 aliphatic rings. The molecule has 0 saturated carbocycles. The van der Waals surface area contributed by atoms with Gasteiger partial charge >= 0.3 is 5.97 Å². The fourth-order valence-corrected chi connectivity index (χ4v) is 2.88. The summed E-state index contributed by atoms with van der Waals surface area (Å²) in [6, 6.07) is 13.4. The number of methoxy groups -OCH3 is 1. The first-order chi connectivity index (χ1) is 11.9. The molecule has 7 heteroatoms. The lowest BCUT2D eigenvalue weighted by Gasteiger charge is -2.15. The summed E-state index contributed by atoms with van der Waals surface area (Å²) in [4.78, 5) is 24.9. The Labute approximate surface area is 148 Å². The minimum atomic E-state index is -1.34. The summed E-state index contributed by atoms with van der Waals surface area (Å²) in [5.41, 5.74) is 0.660. The van der Waals surface area contributed by atoms with E-state index in [1.807, 2.05) is 0 Å². The lowest BCUT2D eigenvalue weighted by Crippen LogP contribution is -2.30. The lowest BCUT2D eigenvalue weighted by molar-refractivity contribution is -0.123. The molecule has 0 spiro atoms. The van der Waals surface area contributed by atoms with Crippen LogP contribution in [0.1, 0.15) is 17.3 Å². The van der Waals surface area contributed by atoms with Crippen LogP contribution < -0.4 is 10.1 Å². The lowest BCUT2D eigenvalue weighted by atomic mass is 10.2. The molecule has 0 radical (unpaired) electrons. The molecule has 0 bridgehead atoms. The van der Waals surface area contributed by atoms with Gasteiger partial charge in [-0.05, 0) is 31.2 Å². The Morgan fingerprint density at radius 2 is 1.72 bits per heavy atom. The van der Waals surface area contributed by atoms with E-state index in [-0.39, 0.29) is 5.56 Å². The Hall–Kier alpha value is -2.67. The molecule has 0 aromatic heterocycles. The fraction of sp³-hybridized carbons (Fsp3) is 0.222. The maximum absolute atomic E-state index is 12.3. The van der Waals surface area contributed by atoms with Crippen molar-refractivity contribution in [2.75, 3.05) is 18.7 Å². The zero-order valence-corrected chi connectivity index (χ0v) is 15.0. The molecule has 2 rings (SSSR count). The fourth-order valence-electron chi connectivity index (χ4n) is 2.15. The van der Waals surface area contributed by atoms with E-state index in [0.717, 1.165) is 0 Å². The minimum absolute atomic E-state index is 0.181. The van der Waals surface area contributed by atoms with Crippen LogP contribution in [-0.4, -0.2) is 35.6 Å². The van der Waals surface area contributed by atoms with Gasteiger partial charge in [0.1, 0.15) is 5.75 Å². The summed E-state index contributed by atoms with van der Waals surface area (Å²) in [6.45, 7) is 1.47. The zero-order chi connectivity index (χ0) is 18.4. The van der Waals surface area contributed by atoms with E-state index >= 15 is 0 Å². The third-order valence-corrected chi connectivity index (χ3v) is 4.41. The predicted molar refractivity (Wildman–Crippen MR) is 95.3 cm³/mol. The van der Waals surface area contributed by atoms with Gasteiger partial charge in [-0.1, -0.05) is 24.3 Å². The van der Waals surface area contributed by atoms with Crippen LogP contribution in [0.5, 0.6) is 5.75 Å². The van der Waals surface area contributed by atoms with Crippen molar-refractivity contribution in [3.05, 3.63) is 54.1 Å². The van der Waals surface area contributed by atoms with Crippen LogP contribution in [0.2, 0.25) is 0 Å². The van der Waals surface area contributed by atoms with Crippen molar-refractivity contribution < 1.29 is 23.3 Å². The molecule has 2 aromatic carbocycles. The van der Waals surface area contributed by atoms with Crippen molar-refractivity contribution in [1.82, 2.24) is 0 Å². The van der Waals surface area contributed by atoms with Crippen molar-refractivity contribution in [3.63, 3.8) is 0 Å². The van der Waals surface area contributed by atoms with Gasteiger partial charge < -0.3 is 14.8 Å². The molecule has 0 unspecified atom stereocenters. The molecule has 0 saturated heterocycles. The molecular formula is C18H19NO5S. The molecule has 0 heterocycles. The first-order valence-electron chi connectivity index (χ1n) is 7.51. The minimum Gasteiger partial charge on any atom is -0.495 e. The van der Waals surface area contributed by atoms with E-state index in [1.165, 1.54) is 26.4 Å². The summed E-state index contributed by atoms with van der Waals surface area (Å²) >= 11 is 0.